The van der Waals surface area contributed by atoms with Crippen molar-refractivity contribution in [3.63, 3.8) is 0 Å². The molecule has 0 bridgehead atoms. The third-order valence-electron chi connectivity index (χ3n) is 2.34. The zero-order chi connectivity index (χ0) is 13.8. The van der Waals surface area contributed by atoms with Crippen molar-refractivity contribution in [1.29, 1.82) is 5.26 Å². The van der Waals surface area contributed by atoms with Crippen LogP contribution < -0.4 is 5.73 Å². The summed E-state index contributed by atoms with van der Waals surface area (Å²) in [7, 11) is 0. The number of ether oxygens (including phenoxy) is 1. The molecule has 0 unspecified atom stereocenters. The molecule has 0 fully saturated rings. The van der Waals surface area contributed by atoms with Crippen molar-refractivity contribution >= 4 is 23.0 Å². The second-order valence-corrected chi connectivity index (χ2v) is 4.66. The zero-order valence-corrected chi connectivity index (χ0v) is 10.5. The van der Waals surface area contributed by atoms with Gasteiger partial charge in [0.1, 0.15) is 17.3 Å². The van der Waals surface area contributed by atoms with Crippen LogP contribution in [0.15, 0.2) is 29.6 Å². The molecule has 1 aromatic heterocycles. The van der Waals surface area contributed by atoms with Gasteiger partial charge in [-0.1, -0.05) is 0 Å². The first kappa shape index (κ1) is 13.1. The molecule has 0 saturated heterocycles. The predicted octanol–water partition coefficient (Wildman–Crippen LogP) is 2.70. The van der Waals surface area contributed by atoms with E-state index in [2.05, 4.69) is 0 Å². The molecule has 0 atom stereocenters. The van der Waals surface area contributed by atoms with E-state index in [1.807, 2.05) is 6.07 Å². The van der Waals surface area contributed by atoms with E-state index in [1.165, 1.54) is 23.5 Å². The molecule has 0 aliphatic heterocycles. The van der Waals surface area contributed by atoms with Crippen LogP contribution in [0.5, 0.6) is 0 Å². The summed E-state index contributed by atoms with van der Waals surface area (Å²) in [5, 5.41) is 10.4. The Kier molecular flexibility index (Phi) is 3.78. The molecule has 19 heavy (non-hydrogen) atoms. The van der Waals surface area contributed by atoms with Gasteiger partial charge >= 0.3 is 5.97 Å². The molecule has 0 aliphatic carbocycles. The first-order valence-corrected chi connectivity index (χ1v) is 6.18. The number of thiophene rings is 1. The number of nitrogen functional groups attached to an aromatic ring is 1. The van der Waals surface area contributed by atoms with Crippen molar-refractivity contribution in [3.05, 3.63) is 51.5 Å². The highest BCUT2D eigenvalue weighted by molar-refractivity contribution is 7.12. The molecule has 96 valence electrons. The molecule has 0 spiro atoms. The molecule has 2 N–H and O–H groups in total. The molecule has 4 nitrogen and oxygen atoms in total. The Balaban J connectivity index is 2.07. The van der Waals surface area contributed by atoms with Gasteiger partial charge in [-0.05, 0) is 35.2 Å². The van der Waals surface area contributed by atoms with Crippen LogP contribution in [0.3, 0.4) is 0 Å². The number of nitriles is 1. The van der Waals surface area contributed by atoms with Crippen molar-refractivity contribution < 1.29 is 13.9 Å². The fourth-order valence-corrected chi connectivity index (χ4v) is 2.21. The van der Waals surface area contributed by atoms with Crippen LogP contribution in [0.4, 0.5) is 10.1 Å². The number of rotatable bonds is 3. The molecule has 0 saturated carbocycles. The van der Waals surface area contributed by atoms with Crippen molar-refractivity contribution in [2.24, 2.45) is 0 Å². The summed E-state index contributed by atoms with van der Waals surface area (Å²) < 4.78 is 18.2. The Labute approximate surface area is 112 Å². The number of hydrogen-bond acceptors (Lipinski definition) is 5. The van der Waals surface area contributed by atoms with Crippen molar-refractivity contribution in [3.8, 4) is 6.07 Å². The molecular weight excluding hydrogens is 267 g/mol. The van der Waals surface area contributed by atoms with Crippen LogP contribution in [0.25, 0.3) is 0 Å². The van der Waals surface area contributed by atoms with E-state index >= 15 is 0 Å². The first-order chi connectivity index (χ1) is 9.10. The Hall–Kier alpha value is -2.39. The number of nitrogens with two attached hydrogens (primary N) is 1. The van der Waals surface area contributed by atoms with Crippen molar-refractivity contribution in [1.82, 2.24) is 0 Å². The Morgan fingerprint density at radius 2 is 2.26 bits per heavy atom. The topological polar surface area (TPSA) is 76.1 Å². The van der Waals surface area contributed by atoms with Gasteiger partial charge < -0.3 is 10.5 Å². The molecule has 0 amide bonds. The lowest BCUT2D eigenvalue weighted by Crippen LogP contribution is -2.05. The zero-order valence-electron chi connectivity index (χ0n) is 9.72. The summed E-state index contributed by atoms with van der Waals surface area (Å²) in [6.45, 7) is -0.109. The smallest absolute Gasteiger partial charge is 0.350 e. The van der Waals surface area contributed by atoms with E-state index in [0.717, 1.165) is 6.07 Å². The number of anilines is 1. The van der Waals surface area contributed by atoms with Gasteiger partial charge in [-0.3, -0.25) is 0 Å². The van der Waals surface area contributed by atoms with Gasteiger partial charge in [0.25, 0.3) is 0 Å². The minimum absolute atomic E-state index is 0.109. The van der Waals surface area contributed by atoms with Gasteiger partial charge in [0.15, 0.2) is 0 Å². The molecule has 2 rings (SSSR count). The molecule has 0 radical (unpaired) electrons. The largest absolute Gasteiger partial charge is 0.457 e. The molecular formula is C13H9FN2O2S. The number of esters is 1. The molecule has 0 aliphatic rings. The minimum Gasteiger partial charge on any atom is -0.457 e. The number of hydrogen-bond donors (Lipinski definition) is 1. The van der Waals surface area contributed by atoms with E-state index in [0.29, 0.717) is 16.1 Å². The predicted molar refractivity (Wildman–Crippen MR) is 69.0 cm³/mol. The number of nitrogens with zero attached hydrogens (tertiary/aromatic N) is 1. The SMILES string of the molecule is N#Cc1cc(F)cc(COC(=O)c2sccc2N)c1. The monoisotopic (exact) mass is 276 g/mol. The van der Waals surface area contributed by atoms with E-state index < -0.39 is 11.8 Å². The highest BCUT2D eigenvalue weighted by Gasteiger charge is 2.13. The number of carbonyl (C=O) groups excluding carboxylic acids is 1. The fraction of sp³-hybridized carbons (Fsp3) is 0.0769. The Morgan fingerprint density at radius 1 is 1.47 bits per heavy atom. The average Bonchev–Trinajstić information content (AvgIpc) is 2.81. The maximum Gasteiger partial charge on any atom is 0.350 e. The van der Waals surface area contributed by atoms with Crippen LogP contribution in [-0.4, -0.2) is 5.97 Å². The van der Waals surface area contributed by atoms with Gasteiger partial charge in [0.2, 0.25) is 0 Å². The van der Waals surface area contributed by atoms with Crippen LogP contribution in [-0.2, 0) is 11.3 Å². The average molecular weight is 276 g/mol. The van der Waals surface area contributed by atoms with Gasteiger partial charge in [0, 0.05) is 0 Å². The van der Waals surface area contributed by atoms with E-state index in [4.69, 9.17) is 15.7 Å². The van der Waals surface area contributed by atoms with Gasteiger partial charge in [0.05, 0.1) is 17.3 Å². The van der Waals surface area contributed by atoms with Crippen LogP contribution in [0.1, 0.15) is 20.8 Å². The second kappa shape index (κ2) is 5.50. The van der Waals surface area contributed by atoms with E-state index in [1.54, 1.807) is 11.4 Å². The summed E-state index contributed by atoms with van der Waals surface area (Å²) in [6.07, 6.45) is 0. The Morgan fingerprint density at radius 3 is 2.89 bits per heavy atom. The third-order valence-corrected chi connectivity index (χ3v) is 3.25. The van der Waals surface area contributed by atoms with E-state index in [9.17, 15) is 9.18 Å². The van der Waals surface area contributed by atoms with Gasteiger partial charge in [-0.2, -0.15) is 5.26 Å². The fourth-order valence-electron chi connectivity index (χ4n) is 1.50. The lowest BCUT2D eigenvalue weighted by Gasteiger charge is -2.05. The van der Waals surface area contributed by atoms with Crippen molar-refractivity contribution in [2.45, 2.75) is 6.61 Å². The lowest BCUT2D eigenvalue weighted by molar-refractivity contribution is 0.0479. The summed E-state index contributed by atoms with van der Waals surface area (Å²) in [6, 6.07) is 7.24. The molecule has 6 heteroatoms. The molecule has 2 aromatic rings. The summed E-state index contributed by atoms with van der Waals surface area (Å²) >= 11 is 1.18. The van der Waals surface area contributed by atoms with Gasteiger partial charge in [-0.25, -0.2) is 9.18 Å². The third kappa shape index (κ3) is 3.09. The summed E-state index contributed by atoms with van der Waals surface area (Å²) in [5.41, 5.74) is 6.54. The lowest BCUT2D eigenvalue weighted by atomic mass is 10.1. The second-order valence-electron chi connectivity index (χ2n) is 3.74. The van der Waals surface area contributed by atoms with Crippen LogP contribution in [0, 0.1) is 17.1 Å². The molecule has 1 heterocycles. The number of benzene rings is 1. The highest BCUT2D eigenvalue weighted by atomic mass is 32.1. The first-order valence-electron chi connectivity index (χ1n) is 5.30. The highest BCUT2D eigenvalue weighted by Crippen LogP contribution is 2.20. The van der Waals surface area contributed by atoms with Crippen LogP contribution >= 0.6 is 11.3 Å². The Bertz CT molecular complexity index is 661. The maximum absolute atomic E-state index is 13.2. The maximum atomic E-state index is 13.2. The summed E-state index contributed by atoms with van der Waals surface area (Å²) in [5.74, 6) is -1.10. The molecule has 1 aromatic carbocycles. The van der Waals surface area contributed by atoms with E-state index in [-0.39, 0.29) is 12.2 Å². The summed E-state index contributed by atoms with van der Waals surface area (Å²) in [4.78, 5) is 12.0. The van der Waals surface area contributed by atoms with Gasteiger partial charge in [-0.15, -0.1) is 11.3 Å². The normalized spacial score (nSPS) is 9.89. The number of carbonyl (C=O) groups is 1. The number of halogens is 1. The minimum atomic E-state index is -0.560. The van der Waals surface area contributed by atoms with Crippen LogP contribution in [0.2, 0.25) is 0 Å². The standard InChI is InChI=1S/C13H9FN2O2S/c14-10-4-8(6-15)3-9(5-10)7-18-13(17)12-11(16)1-2-19-12/h1-5H,7,16H2. The van der Waals surface area contributed by atoms with Crippen molar-refractivity contribution in [2.75, 3.05) is 5.73 Å². The quantitative estimate of drug-likeness (QED) is 0.874.